The van der Waals surface area contributed by atoms with Crippen LogP contribution in [0.1, 0.15) is 44.6 Å². The van der Waals surface area contributed by atoms with Crippen molar-refractivity contribution in [2.45, 2.75) is 44.6 Å². The van der Waals surface area contributed by atoms with Crippen LogP contribution in [0.25, 0.3) is 11.0 Å². The number of nitrogens with one attached hydrogen (secondary N) is 1. The largest absolute Gasteiger partial charge is 0.493 e. The average molecular weight is 282 g/mol. The number of aromatic amines is 1. The minimum Gasteiger partial charge on any atom is -0.423 e. The molecule has 108 valence electrons. The summed E-state index contributed by atoms with van der Waals surface area (Å²) >= 11 is 0. The molecule has 4 nitrogen and oxygen atoms in total. The zero-order chi connectivity index (χ0) is 14.2. The summed E-state index contributed by atoms with van der Waals surface area (Å²) in [7, 11) is -0.817. The molecule has 1 unspecified atom stereocenters. The lowest BCUT2D eigenvalue weighted by atomic mass is 9.55. The molecule has 3 aliphatic rings. The number of H-pyrrole nitrogens is 1. The molecular formula is C16H19BN2O2. The van der Waals surface area contributed by atoms with Gasteiger partial charge in [-0.3, -0.25) is 0 Å². The summed E-state index contributed by atoms with van der Waals surface area (Å²) < 4.78 is 6.06. The molecule has 0 radical (unpaired) electrons. The third-order valence-corrected chi connectivity index (χ3v) is 5.94. The van der Waals surface area contributed by atoms with Gasteiger partial charge in [-0.2, -0.15) is 0 Å². The van der Waals surface area contributed by atoms with Gasteiger partial charge in [-0.05, 0) is 48.6 Å². The molecule has 0 saturated heterocycles. The number of nitrogens with zero attached hydrogens (tertiary/aromatic N) is 1. The van der Waals surface area contributed by atoms with E-state index >= 15 is 0 Å². The van der Waals surface area contributed by atoms with Crippen molar-refractivity contribution in [2.75, 3.05) is 0 Å². The zero-order valence-electron chi connectivity index (χ0n) is 12.2. The SMILES string of the molecule is CC1CCC2(C1)CC1(C2)OB(O)c2cnc3[nH]ccc3c21. The lowest BCUT2D eigenvalue weighted by Gasteiger charge is -2.54. The molecule has 21 heavy (non-hydrogen) atoms. The van der Waals surface area contributed by atoms with Crippen molar-refractivity contribution in [2.24, 2.45) is 11.3 Å². The quantitative estimate of drug-likeness (QED) is 0.727. The summed E-state index contributed by atoms with van der Waals surface area (Å²) in [6.07, 6.45) is 9.76. The summed E-state index contributed by atoms with van der Waals surface area (Å²) in [5.41, 5.74) is 3.12. The van der Waals surface area contributed by atoms with E-state index in [-0.39, 0.29) is 5.60 Å². The Hall–Kier alpha value is -1.33. The van der Waals surface area contributed by atoms with Crippen LogP contribution < -0.4 is 5.46 Å². The molecule has 2 fully saturated rings. The van der Waals surface area contributed by atoms with E-state index in [1.807, 2.05) is 6.20 Å². The van der Waals surface area contributed by atoms with Crippen molar-refractivity contribution in [3.05, 3.63) is 24.0 Å². The number of rotatable bonds is 0. The molecule has 5 heteroatoms. The van der Waals surface area contributed by atoms with Crippen LogP contribution >= 0.6 is 0 Å². The summed E-state index contributed by atoms with van der Waals surface area (Å²) in [5, 5.41) is 11.4. The first kappa shape index (κ1) is 12.2. The lowest BCUT2D eigenvalue weighted by Crippen LogP contribution is -2.49. The Balaban J connectivity index is 1.62. The van der Waals surface area contributed by atoms with Gasteiger partial charge < -0.3 is 14.7 Å². The maximum absolute atomic E-state index is 10.3. The molecule has 2 aliphatic carbocycles. The number of hydrogen-bond acceptors (Lipinski definition) is 3. The summed E-state index contributed by atoms with van der Waals surface area (Å²) in [5.74, 6) is 0.831. The van der Waals surface area contributed by atoms with E-state index in [2.05, 4.69) is 23.0 Å². The Morgan fingerprint density at radius 3 is 3.10 bits per heavy atom. The Morgan fingerprint density at radius 2 is 2.33 bits per heavy atom. The van der Waals surface area contributed by atoms with Crippen LogP contribution in [0.15, 0.2) is 18.5 Å². The third kappa shape index (κ3) is 1.46. The fraction of sp³-hybridized carbons (Fsp3) is 0.562. The van der Waals surface area contributed by atoms with E-state index in [1.54, 1.807) is 6.20 Å². The van der Waals surface area contributed by atoms with Crippen LogP contribution in [0.5, 0.6) is 0 Å². The average Bonchev–Trinajstić information content (AvgIpc) is 3.07. The van der Waals surface area contributed by atoms with E-state index in [0.29, 0.717) is 5.41 Å². The number of pyridine rings is 1. The van der Waals surface area contributed by atoms with Gasteiger partial charge in [0.25, 0.3) is 0 Å². The monoisotopic (exact) mass is 282 g/mol. The minimum atomic E-state index is -0.817. The Morgan fingerprint density at radius 1 is 1.48 bits per heavy atom. The number of fused-ring (bicyclic) bond motifs is 4. The van der Waals surface area contributed by atoms with Crippen LogP contribution in [0, 0.1) is 11.3 Å². The predicted octanol–water partition coefficient (Wildman–Crippen LogP) is 2.08. The second-order valence-electron chi connectivity index (χ2n) is 7.49. The van der Waals surface area contributed by atoms with Crippen molar-refractivity contribution in [1.82, 2.24) is 9.97 Å². The van der Waals surface area contributed by atoms with E-state index in [0.717, 1.165) is 35.3 Å². The van der Waals surface area contributed by atoms with Gasteiger partial charge in [0.1, 0.15) is 5.65 Å². The van der Waals surface area contributed by atoms with Gasteiger partial charge in [-0.15, -0.1) is 0 Å². The highest BCUT2D eigenvalue weighted by atomic mass is 16.5. The van der Waals surface area contributed by atoms with Crippen LogP contribution in [-0.4, -0.2) is 22.1 Å². The molecule has 1 atom stereocenters. The third-order valence-electron chi connectivity index (χ3n) is 5.94. The van der Waals surface area contributed by atoms with Gasteiger partial charge in [0.05, 0.1) is 5.60 Å². The van der Waals surface area contributed by atoms with Gasteiger partial charge in [-0.1, -0.05) is 13.3 Å². The smallest absolute Gasteiger partial charge is 0.423 e. The standard InChI is InChI=1S/C16H19BN2O2/c1-10-2-4-15(6-10)8-16(9-15)13-11-3-5-18-14(11)19-7-12(13)17(20)21-16/h3,5,7,10,20H,2,4,6,8-9H2,1H3,(H,18,19). The fourth-order valence-corrected chi connectivity index (χ4v) is 5.29. The van der Waals surface area contributed by atoms with Crippen LogP contribution in [0.3, 0.4) is 0 Å². The van der Waals surface area contributed by atoms with E-state index in [4.69, 9.17) is 4.65 Å². The van der Waals surface area contributed by atoms with Gasteiger partial charge >= 0.3 is 7.12 Å². The van der Waals surface area contributed by atoms with Crippen LogP contribution in [0.4, 0.5) is 0 Å². The van der Waals surface area contributed by atoms with Crippen molar-refractivity contribution >= 4 is 23.6 Å². The van der Waals surface area contributed by atoms with Gasteiger partial charge in [-0.25, -0.2) is 4.98 Å². The highest BCUT2D eigenvalue weighted by Crippen LogP contribution is 2.65. The van der Waals surface area contributed by atoms with Crippen molar-refractivity contribution in [1.29, 1.82) is 0 Å². The highest BCUT2D eigenvalue weighted by molar-refractivity contribution is 6.62. The Bertz CT molecular complexity index is 735. The molecule has 3 heterocycles. The van der Waals surface area contributed by atoms with Gasteiger partial charge in [0.2, 0.25) is 0 Å². The number of hydrogen-bond donors (Lipinski definition) is 2. The summed E-state index contributed by atoms with van der Waals surface area (Å²) in [6, 6.07) is 2.06. The zero-order valence-corrected chi connectivity index (χ0v) is 12.2. The topological polar surface area (TPSA) is 58.1 Å². The molecular weight excluding hydrogens is 263 g/mol. The first-order chi connectivity index (χ1) is 10.1. The van der Waals surface area contributed by atoms with Crippen LogP contribution in [0.2, 0.25) is 0 Å². The molecule has 0 amide bonds. The first-order valence-corrected chi connectivity index (χ1v) is 7.93. The van der Waals surface area contributed by atoms with E-state index in [9.17, 15) is 5.02 Å². The first-order valence-electron chi connectivity index (χ1n) is 7.93. The van der Waals surface area contributed by atoms with Crippen LogP contribution in [-0.2, 0) is 10.3 Å². The van der Waals surface area contributed by atoms with Crippen molar-refractivity contribution in [3.63, 3.8) is 0 Å². The normalized spacial score (nSPS) is 37.6. The second-order valence-corrected chi connectivity index (χ2v) is 7.49. The van der Waals surface area contributed by atoms with E-state index in [1.165, 1.54) is 24.8 Å². The maximum atomic E-state index is 10.3. The molecule has 2 aromatic rings. The highest BCUT2D eigenvalue weighted by Gasteiger charge is 2.63. The molecule has 2 saturated carbocycles. The molecule has 5 rings (SSSR count). The molecule has 0 aromatic carbocycles. The summed E-state index contributed by atoms with van der Waals surface area (Å²) in [4.78, 5) is 7.56. The van der Waals surface area contributed by atoms with Crippen molar-refractivity contribution in [3.8, 4) is 0 Å². The minimum absolute atomic E-state index is 0.276. The molecule has 1 aliphatic heterocycles. The molecule has 2 N–H and O–H groups in total. The molecule has 0 bridgehead atoms. The van der Waals surface area contributed by atoms with Gasteiger partial charge in [0, 0.05) is 23.2 Å². The predicted molar refractivity (Wildman–Crippen MR) is 81.1 cm³/mol. The number of aromatic nitrogens is 2. The molecule has 2 spiro atoms. The fourth-order valence-electron chi connectivity index (χ4n) is 5.29. The maximum Gasteiger partial charge on any atom is 0.493 e. The Labute approximate surface area is 124 Å². The van der Waals surface area contributed by atoms with Gasteiger partial charge in [0.15, 0.2) is 0 Å². The second kappa shape index (κ2) is 3.71. The summed E-state index contributed by atoms with van der Waals surface area (Å²) in [6.45, 7) is 2.35. The van der Waals surface area contributed by atoms with E-state index < -0.39 is 7.12 Å². The Kier molecular flexibility index (Phi) is 2.16. The molecule has 2 aromatic heterocycles. The van der Waals surface area contributed by atoms with Crippen molar-refractivity contribution < 1.29 is 9.68 Å². The lowest BCUT2D eigenvalue weighted by molar-refractivity contribution is -0.114.